The Balaban J connectivity index is 0.000000538. The number of halogens is 4. The fourth-order valence-corrected chi connectivity index (χ4v) is 3.73. The van der Waals surface area contributed by atoms with Crippen LogP contribution in [0.3, 0.4) is 0 Å². The van der Waals surface area contributed by atoms with E-state index < -0.39 is 12.5 Å². The van der Waals surface area contributed by atoms with Gasteiger partial charge >= 0.3 is 6.18 Å². The molecule has 4 rings (SSSR count). The molecule has 194 valence electrons. The van der Waals surface area contributed by atoms with Gasteiger partial charge in [-0.25, -0.2) is 0 Å². The van der Waals surface area contributed by atoms with Crippen LogP contribution in [0.5, 0.6) is 5.88 Å². The lowest BCUT2D eigenvalue weighted by molar-refractivity contribution is -0.156. The lowest BCUT2D eigenvalue weighted by Gasteiger charge is -2.17. The number of alkyl halides is 3. The van der Waals surface area contributed by atoms with Gasteiger partial charge in [-0.15, -0.1) is 0 Å². The average Bonchev–Trinajstić information content (AvgIpc) is 3.55. The molecule has 1 fully saturated rings. The van der Waals surface area contributed by atoms with Crippen LogP contribution in [0, 0.1) is 5.92 Å². The summed E-state index contributed by atoms with van der Waals surface area (Å²) >= 11 is 6.31. The van der Waals surface area contributed by atoms with E-state index in [0.29, 0.717) is 47.6 Å². The molecular formula is C21H23ClF3N7O4. The van der Waals surface area contributed by atoms with Crippen LogP contribution in [0.4, 0.5) is 24.8 Å². The summed E-state index contributed by atoms with van der Waals surface area (Å²) in [6, 6.07) is 0. The van der Waals surface area contributed by atoms with Crippen LogP contribution in [0.1, 0.15) is 0 Å². The number of likely N-dealkylation sites (tertiary alicyclic amines) is 1. The number of aryl methyl sites for hydroxylation is 1. The monoisotopic (exact) mass is 529 g/mol. The minimum absolute atomic E-state index is 0.0173. The number of nitrogens with zero attached hydrogens (tertiary/aromatic N) is 5. The van der Waals surface area contributed by atoms with Crippen molar-refractivity contribution >= 4 is 46.5 Å². The summed E-state index contributed by atoms with van der Waals surface area (Å²) < 4.78 is 44.5. The number of fused-ring (bicyclic) bond motifs is 1. The third kappa shape index (κ3) is 6.73. The number of ether oxygens (including phenoxy) is 2. The Morgan fingerprint density at radius 1 is 1.39 bits per heavy atom. The van der Waals surface area contributed by atoms with Gasteiger partial charge < -0.3 is 24.7 Å². The first-order valence-electron chi connectivity index (χ1n) is 10.4. The van der Waals surface area contributed by atoms with E-state index in [0.717, 1.165) is 5.69 Å². The number of anilines is 2. The number of aromatic amines is 1. The molecule has 0 aromatic carbocycles. The van der Waals surface area contributed by atoms with Gasteiger partial charge in [0.15, 0.2) is 0 Å². The molecule has 0 unspecified atom stereocenters. The Hall–Kier alpha value is -3.65. The fourth-order valence-electron chi connectivity index (χ4n) is 3.50. The standard InChI is InChI=1S/C19H22ClN7O3.C2HF3O/c1-4-15(28)27-7-11(14(9-27)29-3)10-30-18-16-13(20)6-21-17(16)24-19(25-18)23-12-5-22-26(2)8-12;3-2(4,5)1-6/h4-6,8,11,14H,1,7,9-10H2,2-3H3,(H2,21,23,24,25);1H/t11-,14+;/m1./s1. The summed E-state index contributed by atoms with van der Waals surface area (Å²) in [6.07, 6.45) is 0.582. The van der Waals surface area contributed by atoms with E-state index in [1.54, 1.807) is 29.1 Å². The van der Waals surface area contributed by atoms with E-state index in [-0.39, 0.29) is 17.9 Å². The number of methoxy groups -OCH3 is 1. The maximum absolute atomic E-state index is 12.0. The van der Waals surface area contributed by atoms with Gasteiger partial charge in [0.05, 0.1) is 35.0 Å². The second-order valence-electron chi connectivity index (χ2n) is 7.69. The Bertz CT molecular complexity index is 1230. The number of aromatic nitrogens is 5. The third-order valence-corrected chi connectivity index (χ3v) is 5.45. The van der Waals surface area contributed by atoms with Gasteiger partial charge in [-0.1, -0.05) is 18.2 Å². The molecule has 0 saturated carbocycles. The van der Waals surface area contributed by atoms with E-state index >= 15 is 0 Å². The molecule has 1 saturated heterocycles. The van der Waals surface area contributed by atoms with E-state index in [1.807, 2.05) is 13.2 Å². The quantitative estimate of drug-likeness (QED) is 0.353. The van der Waals surface area contributed by atoms with Gasteiger partial charge in [0.2, 0.25) is 24.0 Å². The molecule has 2 atom stereocenters. The Morgan fingerprint density at radius 2 is 2.11 bits per heavy atom. The van der Waals surface area contributed by atoms with Gasteiger partial charge in [-0.3, -0.25) is 14.3 Å². The van der Waals surface area contributed by atoms with E-state index in [2.05, 4.69) is 31.9 Å². The highest BCUT2D eigenvalue weighted by molar-refractivity contribution is 6.35. The molecule has 3 aromatic rings. The summed E-state index contributed by atoms with van der Waals surface area (Å²) in [5, 5.41) is 8.29. The zero-order valence-corrected chi connectivity index (χ0v) is 20.0. The number of nitrogens with one attached hydrogen (secondary N) is 2. The zero-order valence-electron chi connectivity index (χ0n) is 19.3. The molecule has 0 aliphatic carbocycles. The van der Waals surface area contributed by atoms with Crippen molar-refractivity contribution < 1.29 is 32.2 Å². The van der Waals surface area contributed by atoms with Crippen LogP contribution in [0.15, 0.2) is 31.2 Å². The topological polar surface area (TPSA) is 127 Å². The van der Waals surface area contributed by atoms with E-state index in [1.165, 1.54) is 6.08 Å². The Morgan fingerprint density at radius 3 is 2.69 bits per heavy atom. The predicted octanol–water partition coefficient (Wildman–Crippen LogP) is 2.87. The van der Waals surface area contributed by atoms with Crippen LogP contribution in [0.2, 0.25) is 5.02 Å². The molecule has 36 heavy (non-hydrogen) atoms. The lowest BCUT2D eigenvalue weighted by atomic mass is 10.1. The summed E-state index contributed by atoms with van der Waals surface area (Å²) in [4.78, 5) is 34.3. The first-order chi connectivity index (χ1) is 17.0. The number of carbonyl (C=O) groups excluding carboxylic acids is 2. The normalized spacial score (nSPS) is 17.4. The van der Waals surface area contributed by atoms with Crippen molar-refractivity contribution in [2.24, 2.45) is 13.0 Å². The number of carbonyl (C=O) groups is 2. The number of rotatable bonds is 7. The maximum atomic E-state index is 12.0. The largest absolute Gasteiger partial charge is 0.477 e. The number of amides is 1. The SMILES string of the molecule is C=CC(=O)N1C[C@H](COc2nc(Nc3cnn(C)c3)nc3[nH]cc(Cl)c23)[C@@H](OC)C1.O=CC(F)(F)F. The minimum Gasteiger partial charge on any atom is -0.477 e. The van der Waals surface area contributed by atoms with Gasteiger partial charge in [-0.05, 0) is 6.08 Å². The van der Waals surface area contributed by atoms with Crippen molar-refractivity contribution in [1.29, 1.82) is 0 Å². The number of H-pyrrole nitrogens is 1. The van der Waals surface area contributed by atoms with Crippen molar-refractivity contribution in [3.05, 3.63) is 36.3 Å². The van der Waals surface area contributed by atoms with Crippen LogP contribution < -0.4 is 10.1 Å². The first kappa shape index (κ1) is 26.9. The summed E-state index contributed by atoms with van der Waals surface area (Å²) in [6.45, 7) is 4.86. The summed E-state index contributed by atoms with van der Waals surface area (Å²) in [7, 11) is 3.45. The molecule has 1 aliphatic rings. The lowest BCUT2D eigenvalue weighted by Crippen LogP contribution is -2.28. The molecular weight excluding hydrogens is 507 g/mol. The second kappa shape index (κ2) is 11.4. The van der Waals surface area contributed by atoms with Crippen LogP contribution in [-0.2, 0) is 21.4 Å². The molecule has 2 N–H and O–H groups in total. The summed E-state index contributed by atoms with van der Waals surface area (Å²) in [5.74, 6) is 0.556. The van der Waals surface area contributed by atoms with Gasteiger partial charge in [0, 0.05) is 45.6 Å². The highest BCUT2D eigenvalue weighted by Gasteiger charge is 2.35. The van der Waals surface area contributed by atoms with E-state index in [4.69, 9.17) is 25.9 Å². The average molecular weight is 530 g/mol. The van der Waals surface area contributed by atoms with Crippen molar-refractivity contribution in [3.63, 3.8) is 0 Å². The van der Waals surface area contributed by atoms with Gasteiger partial charge in [0.1, 0.15) is 5.65 Å². The van der Waals surface area contributed by atoms with Gasteiger partial charge in [-0.2, -0.15) is 28.2 Å². The molecule has 0 spiro atoms. The first-order valence-corrected chi connectivity index (χ1v) is 10.8. The van der Waals surface area contributed by atoms with Crippen LogP contribution in [0.25, 0.3) is 11.0 Å². The maximum Gasteiger partial charge on any atom is 0.446 e. The third-order valence-electron chi connectivity index (χ3n) is 5.15. The van der Waals surface area contributed by atoms with Crippen LogP contribution >= 0.6 is 11.6 Å². The van der Waals surface area contributed by atoms with Gasteiger partial charge in [0.25, 0.3) is 0 Å². The highest BCUT2D eigenvalue weighted by atomic mass is 35.5. The Kier molecular flexibility index (Phi) is 8.53. The zero-order chi connectivity index (χ0) is 26.5. The second-order valence-corrected chi connectivity index (χ2v) is 8.10. The number of hydrogen-bond acceptors (Lipinski definition) is 8. The number of aldehydes is 1. The predicted molar refractivity (Wildman–Crippen MR) is 124 cm³/mol. The summed E-state index contributed by atoms with van der Waals surface area (Å²) in [5.41, 5.74) is 1.30. The van der Waals surface area contributed by atoms with Crippen molar-refractivity contribution in [2.45, 2.75) is 12.3 Å². The number of hydrogen-bond donors (Lipinski definition) is 2. The van der Waals surface area contributed by atoms with E-state index in [9.17, 15) is 18.0 Å². The van der Waals surface area contributed by atoms with Crippen LogP contribution in [-0.4, -0.2) is 80.9 Å². The smallest absolute Gasteiger partial charge is 0.446 e. The molecule has 11 nitrogen and oxygen atoms in total. The van der Waals surface area contributed by atoms with Crippen molar-refractivity contribution in [1.82, 2.24) is 29.6 Å². The molecule has 0 radical (unpaired) electrons. The molecule has 1 aliphatic heterocycles. The highest BCUT2D eigenvalue weighted by Crippen LogP contribution is 2.32. The van der Waals surface area contributed by atoms with Crippen molar-refractivity contribution in [3.8, 4) is 5.88 Å². The fraction of sp³-hybridized carbons (Fsp3) is 0.381. The molecule has 0 bridgehead atoms. The Labute approximate surface area is 208 Å². The minimum atomic E-state index is -4.64. The molecule has 1 amide bonds. The van der Waals surface area contributed by atoms with Crippen molar-refractivity contribution in [2.75, 3.05) is 32.1 Å². The molecule has 3 aromatic heterocycles. The molecule has 15 heteroatoms. The molecule has 4 heterocycles.